The Labute approximate surface area is 149 Å². The van der Waals surface area contributed by atoms with E-state index in [1.54, 1.807) is 12.4 Å². The zero-order valence-electron chi connectivity index (χ0n) is 14.8. The summed E-state index contributed by atoms with van der Waals surface area (Å²) in [5.41, 5.74) is 0. The highest BCUT2D eigenvalue weighted by atomic mass is 16.2. The summed E-state index contributed by atoms with van der Waals surface area (Å²) < 4.78 is 0. The van der Waals surface area contributed by atoms with Gasteiger partial charge in [0, 0.05) is 37.4 Å². The van der Waals surface area contributed by atoms with Crippen molar-refractivity contribution in [1.29, 1.82) is 0 Å². The average Bonchev–Trinajstić information content (AvgIpc) is 3.36. The lowest BCUT2D eigenvalue weighted by Gasteiger charge is -2.35. The Kier molecular flexibility index (Phi) is 3.90. The summed E-state index contributed by atoms with van der Waals surface area (Å²) >= 11 is 0. The minimum absolute atomic E-state index is 0.165. The summed E-state index contributed by atoms with van der Waals surface area (Å²) in [6, 6.07) is 2.31. The van der Waals surface area contributed by atoms with Crippen LogP contribution < -0.4 is 10.2 Å². The second-order valence-corrected chi connectivity index (χ2v) is 8.58. The number of fused-ring (bicyclic) bond motifs is 5. The molecule has 4 fully saturated rings. The van der Waals surface area contributed by atoms with Crippen LogP contribution in [0.2, 0.25) is 0 Å². The van der Waals surface area contributed by atoms with Crippen LogP contribution in [0.25, 0.3) is 0 Å². The van der Waals surface area contributed by atoms with Crippen LogP contribution in [0.5, 0.6) is 0 Å². The molecule has 2 heterocycles. The third kappa shape index (κ3) is 2.72. The first-order chi connectivity index (χ1) is 12.3. The number of amides is 1. The van der Waals surface area contributed by atoms with Gasteiger partial charge in [0.1, 0.15) is 0 Å². The highest BCUT2D eigenvalue weighted by Crippen LogP contribution is 2.58. The van der Waals surface area contributed by atoms with Crippen molar-refractivity contribution >= 4 is 11.9 Å². The molecular formula is C20H28N4O. The van der Waals surface area contributed by atoms with Gasteiger partial charge in [-0.05, 0) is 68.3 Å². The van der Waals surface area contributed by atoms with E-state index in [9.17, 15) is 4.79 Å². The fraction of sp³-hybridized carbons (Fsp3) is 0.750. The van der Waals surface area contributed by atoms with E-state index in [2.05, 4.69) is 20.2 Å². The highest BCUT2D eigenvalue weighted by molar-refractivity contribution is 5.79. The van der Waals surface area contributed by atoms with Crippen molar-refractivity contribution in [1.82, 2.24) is 15.3 Å². The van der Waals surface area contributed by atoms with Crippen LogP contribution in [0.1, 0.15) is 44.9 Å². The molecule has 0 radical (unpaired) electrons. The van der Waals surface area contributed by atoms with Crippen molar-refractivity contribution < 1.29 is 4.79 Å². The summed E-state index contributed by atoms with van der Waals surface area (Å²) in [5.74, 6) is 4.86. The monoisotopic (exact) mass is 340 g/mol. The predicted octanol–water partition coefficient (Wildman–Crippen LogP) is 2.63. The first-order valence-electron chi connectivity index (χ1n) is 10.1. The predicted molar refractivity (Wildman–Crippen MR) is 95.9 cm³/mol. The normalized spacial score (nSPS) is 37.3. The highest BCUT2D eigenvalue weighted by Gasteiger charge is 2.54. The molecule has 5 heteroatoms. The number of hydrogen-bond acceptors (Lipinski definition) is 4. The second kappa shape index (κ2) is 6.26. The molecule has 5 rings (SSSR count). The third-order valence-corrected chi connectivity index (χ3v) is 7.46. The molecule has 3 aliphatic carbocycles. The van der Waals surface area contributed by atoms with Crippen LogP contribution >= 0.6 is 0 Å². The topological polar surface area (TPSA) is 58.1 Å². The third-order valence-electron chi connectivity index (χ3n) is 7.46. The van der Waals surface area contributed by atoms with Gasteiger partial charge in [-0.25, -0.2) is 9.97 Å². The van der Waals surface area contributed by atoms with E-state index >= 15 is 0 Å². The Morgan fingerprint density at radius 1 is 1.00 bits per heavy atom. The number of anilines is 1. The van der Waals surface area contributed by atoms with E-state index in [1.807, 2.05) is 6.07 Å². The number of nitrogens with zero attached hydrogens (tertiary/aromatic N) is 3. The van der Waals surface area contributed by atoms with Crippen molar-refractivity contribution in [2.24, 2.45) is 29.6 Å². The smallest absolute Gasteiger partial charge is 0.225 e. The Hall–Kier alpha value is -1.65. The van der Waals surface area contributed by atoms with Gasteiger partial charge in [0.2, 0.25) is 11.9 Å². The Morgan fingerprint density at radius 2 is 1.76 bits per heavy atom. The quantitative estimate of drug-likeness (QED) is 0.919. The number of rotatable bonds is 3. The molecule has 5 atom stereocenters. The summed E-state index contributed by atoms with van der Waals surface area (Å²) in [6.45, 7) is 1.76. The Bertz CT molecular complexity index is 628. The molecule has 1 amide bonds. The van der Waals surface area contributed by atoms with E-state index in [4.69, 9.17) is 0 Å². The van der Waals surface area contributed by atoms with Crippen LogP contribution in [0.4, 0.5) is 5.95 Å². The van der Waals surface area contributed by atoms with Crippen molar-refractivity contribution in [2.75, 3.05) is 18.0 Å². The number of hydrogen-bond donors (Lipinski definition) is 1. The van der Waals surface area contributed by atoms with Crippen molar-refractivity contribution in [3.8, 4) is 0 Å². The van der Waals surface area contributed by atoms with Crippen molar-refractivity contribution in [3.05, 3.63) is 18.5 Å². The van der Waals surface area contributed by atoms with Gasteiger partial charge in [-0.1, -0.05) is 6.42 Å². The molecule has 5 nitrogen and oxygen atoms in total. The van der Waals surface area contributed by atoms with Gasteiger partial charge in [-0.3, -0.25) is 4.79 Å². The molecule has 1 aromatic rings. The molecule has 0 spiro atoms. The molecule has 134 valence electrons. The molecule has 1 N–H and O–H groups in total. The van der Waals surface area contributed by atoms with E-state index in [-0.39, 0.29) is 5.92 Å². The lowest BCUT2D eigenvalue weighted by atomic mass is 9.79. The van der Waals surface area contributed by atoms with Crippen LogP contribution in [0, 0.1) is 29.6 Å². The standard InChI is InChI=1S/C20H28N4O/c25-19(13-5-9-24(10-6-13)20-21-7-2-8-22-20)23-18-12-14-11-17(18)16-4-1-3-15(14)16/h2,7-8,13-18H,1,3-6,9-12H2,(H,23,25)/t14-,15+,16+,17+,18-/m1/s1. The van der Waals surface area contributed by atoms with Gasteiger partial charge >= 0.3 is 0 Å². The summed E-state index contributed by atoms with van der Waals surface area (Å²) in [4.78, 5) is 23.7. The largest absolute Gasteiger partial charge is 0.353 e. The molecule has 25 heavy (non-hydrogen) atoms. The molecule has 1 aliphatic heterocycles. The molecule has 1 saturated heterocycles. The number of piperidine rings is 1. The lowest BCUT2D eigenvalue weighted by molar-refractivity contribution is -0.126. The van der Waals surface area contributed by atoms with Gasteiger partial charge in [0.15, 0.2) is 0 Å². The lowest BCUT2D eigenvalue weighted by Crippen LogP contribution is -2.47. The Balaban J connectivity index is 1.15. The summed E-state index contributed by atoms with van der Waals surface area (Å²) in [5, 5.41) is 3.46. The Morgan fingerprint density at radius 3 is 2.56 bits per heavy atom. The zero-order chi connectivity index (χ0) is 16.8. The van der Waals surface area contributed by atoms with Crippen LogP contribution in [-0.2, 0) is 4.79 Å². The SMILES string of the molecule is O=C(N[C@@H]1C[C@H]2C[C@H]1[C@H]1CCC[C@@H]21)C1CCN(c2ncccn2)CC1. The van der Waals surface area contributed by atoms with Gasteiger partial charge < -0.3 is 10.2 Å². The number of nitrogens with one attached hydrogen (secondary N) is 1. The summed E-state index contributed by atoms with van der Waals surface area (Å²) in [6.07, 6.45) is 12.3. The average molecular weight is 340 g/mol. The molecule has 0 aromatic carbocycles. The molecule has 0 unspecified atom stereocenters. The van der Waals surface area contributed by atoms with E-state index in [0.717, 1.165) is 55.6 Å². The van der Waals surface area contributed by atoms with Crippen LogP contribution in [0.15, 0.2) is 18.5 Å². The molecule has 2 bridgehead atoms. The number of carbonyl (C=O) groups excluding carboxylic acids is 1. The number of aromatic nitrogens is 2. The maximum absolute atomic E-state index is 12.8. The molecular weight excluding hydrogens is 312 g/mol. The van der Waals surface area contributed by atoms with Gasteiger partial charge in [-0.15, -0.1) is 0 Å². The first-order valence-corrected chi connectivity index (χ1v) is 10.1. The number of carbonyl (C=O) groups is 1. The van der Waals surface area contributed by atoms with Crippen molar-refractivity contribution in [2.45, 2.75) is 51.0 Å². The van der Waals surface area contributed by atoms with Gasteiger partial charge in [0.05, 0.1) is 0 Å². The fourth-order valence-electron chi connectivity index (χ4n) is 6.33. The first kappa shape index (κ1) is 15.6. The molecule has 4 aliphatic rings. The van der Waals surface area contributed by atoms with E-state index in [1.165, 1.54) is 32.1 Å². The minimum atomic E-state index is 0.165. The zero-order valence-corrected chi connectivity index (χ0v) is 14.8. The maximum Gasteiger partial charge on any atom is 0.225 e. The maximum atomic E-state index is 12.8. The second-order valence-electron chi connectivity index (χ2n) is 8.58. The summed E-state index contributed by atoms with van der Waals surface area (Å²) in [7, 11) is 0. The van der Waals surface area contributed by atoms with Gasteiger partial charge in [0.25, 0.3) is 0 Å². The fourth-order valence-corrected chi connectivity index (χ4v) is 6.33. The van der Waals surface area contributed by atoms with Crippen molar-refractivity contribution in [3.63, 3.8) is 0 Å². The van der Waals surface area contributed by atoms with Gasteiger partial charge in [-0.2, -0.15) is 0 Å². The van der Waals surface area contributed by atoms with E-state index < -0.39 is 0 Å². The molecule has 3 saturated carbocycles. The molecule has 1 aromatic heterocycles. The van der Waals surface area contributed by atoms with Crippen LogP contribution in [-0.4, -0.2) is 35.0 Å². The van der Waals surface area contributed by atoms with E-state index in [0.29, 0.717) is 11.9 Å². The minimum Gasteiger partial charge on any atom is -0.353 e. The van der Waals surface area contributed by atoms with Crippen LogP contribution in [0.3, 0.4) is 0 Å².